The van der Waals surface area contributed by atoms with Crippen molar-refractivity contribution in [1.29, 1.82) is 5.26 Å². The van der Waals surface area contributed by atoms with Gasteiger partial charge in [-0.1, -0.05) is 77.8 Å². The number of hydrogen-bond acceptors (Lipinski definition) is 10. The van der Waals surface area contributed by atoms with E-state index in [-0.39, 0.29) is 34.3 Å². The van der Waals surface area contributed by atoms with E-state index in [0.717, 1.165) is 0 Å². The molecule has 210 valence electrons. The number of hydrogen-bond donors (Lipinski definition) is 2. The lowest BCUT2D eigenvalue weighted by Gasteiger charge is -2.42. The molecular weight excluding hydrogens is 625 g/mol. The number of carbonyl (C=O) groups excluding carboxylic acids is 2. The van der Waals surface area contributed by atoms with Gasteiger partial charge in [-0.15, -0.1) is 10.2 Å². The Hall–Kier alpha value is -3.14. The highest BCUT2D eigenvalue weighted by atomic mass is 35.5. The first-order valence-corrected chi connectivity index (χ1v) is 15.2. The lowest BCUT2D eigenvalue weighted by Crippen LogP contribution is -2.42. The number of nitrogens with two attached hydrogens (primary N) is 1. The van der Waals surface area contributed by atoms with Crippen LogP contribution < -0.4 is 16.0 Å². The van der Waals surface area contributed by atoms with Gasteiger partial charge in [0, 0.05) is 23.9 Å². The number of nitriles is 1. The van der Waals surface area contributed by atoms with Gasteiger partial charge in [0.25, 0.3) is 0 Å². The topological polar surface area (TPSA) is 138 Å². The molecule has 1 unspecified atom stereocenters. The summed E-state index contributed by atoms with van der Waals surface area (Å²) in [6.45, 7) is 4.02. The molecule has 1 atom stereocenters. The Morgan fingerprint density at radius 1 is 1.22 bits per heavy atom. The summed E-state index contributed by atoms with van der Waals surface area (Å²) in [4.78, 5) is 31.8. The van der Waals surface area contributed by atoms with E-state index < -0.39 is 5.92 Å². The van der Waals surface area contributed by atoms with Gasteiger partial charge >= 0.3 is 0 Å². The van der Waals surface area contributed by atoms with Crippen molar-refractivity contribution in [1.82, 2.24) is 15.2 Å². The molecule has 3 heterocycles. The predicted octanol–water partition coefficient (Wildman–Crippen LogP) is 6.56. The minimum Gasteiger partial charge on any atom is -0.384 e. The van der Waals surface area contributed by atoms with Crippen LogP contribution in [0.2, 0.25) is 15.1 Å². The molecule has 1 aliphatic carbocycles. The van der Waals surface area contributed by atoms with Crippen molar-refractivity contribution in [2.45, 2.75) is 36.9 Å². The molecule has 0 saturated carbocycles. The summed E-state index contributed by atoms with van der Waals surface area (Å²) in [6, 6.07) is 10.5. The number of benzene rings is 1. The van der Waals surface area contributed by atoms with Crippen molar-refractivity contribution < 1.29 is 9.59 Å². The number of rotatable bonds is 6. The number of Topliss-reactive ketones (excluding diaryl/α,β-unsaturated/α-hetero) is 1. The monoisotopic (exact) mass is 645 g/mol. The number of amides is 1. The summed E-state index contributed by atoms with van der Waals surface area (Å²) in [6.07, 6.45) is 2.27. The van der Waals surface area contributed by atoms with Crippen molar-refractivity contribution >= 4 is 80.5 Å². The number of anilines is 2. The number of halogens is 3. The molecular formula is C27H22Cl3N7O2S2. The van der Waals surface area contributed by atoms with Crippen LogP contribution in [0.15, 0.2) is 63.5 Å². The number of aromatic nitrogens is 3. The van der Waals surface area contributed by atoms with Crippen LogP contribution in [-0.4, -0.2) is 32.6 Å². The Labute approximate surface area is 259 Å². The van der Waals surface area contributed by atoms with E-state index in [0.29, 0.717) is 60.0 Å². The highest BCUT2D eigenvalue weighted by Crippen LogP contribution is 2.51. The SMILES string of the molecule is CC1(C)CC(=O)C2=C(C1)N(c1nnc(SCC(=O)Nc3ccc(Cl)cn3)s1)C(N)=C(C#N)C2c1ccc(Cl)c(Cl)c1. The van der Waals surface area contributed by atoms with E-state index in [1.165, 1.54) is 29.3 Å². The van der Waals surface area contributed by atoms with Crippen molar-refractivity contribution in [3.8, 4) is 6.07 Å². The third kappa shape index (κ3) is 6.08. The van der Waals surface area contributed by atoms with Crippen molar-refractivity contribution in [2.24, 2.45) is 11.1 Å². The van der Waals surface area contributed by atoms with Gasteiger partial charge in [-0.3, -0.25) is 14.5 Å². The molecule has 1 aromatic carbocycles. The number of thioether (sulfide) groups is 1. The fourth-order valence-corrected chi connectivity index (χ4v) is 6.96. The number of ketones is 1. The van der Waals surface area contributed by atoms with Crippen LogP contribution in [0.3, 0.4) is 0 Å². The second-order valence-corrected chi connectivity index (χ2v) is 13.6. The number of nitrogens with zero attached hydrogens (tertiary/aromatic N) is 5. The maximum Gasteiger partial charge on any atom is 0.235 e. The lowest BCUT2D eigenvalue weighted by atomic mass is 9.69. The third-order valence-electron chi connectivity index (χ3n) is 6.57. The average molecular weight is 647 g/mol. The zero-order chi connectivity index (χ0) is 29.5. The predicted molar refractivity (Wildman–Crippen MR) is 162 cm³/mol. The van der Waals surface area contributed by atoms with Crippen LogP contribution in [0, 0.1) is 16.7 Å². The first-order valence-electron chi connectivity index (χ1n) is 12.3. The molecule has 0 spiro atoms. The maximum atomic E-state index is 13.7. The van der Waals surface area contributed by atoms with Gasteiger partial charge in [-0.25, -0.2) is 4.98 Å². The molecule has 3 aromatic rings. The number of allylic oxidation sites excluding steroid dienone is 3. The molecule has 1 amide bonds. The number of nitrogens with one attached hydrogen (secondary N) is 1. The molecule has 41 heavy (non-hydrogen) atoms. The second-order valence-electron chi connectivity index (χ2n) is 10.2. The Morgan fingerprint density at radius 3 is 2.68 bits per heavy atom. The Bertz CT molecular complexity index is 1660. The van der Waals surface area contributed by atoms with E-state index in [4.69, 9.17) is 40.5 Å². The van der Waals surface area contributed by atoms with Gasteiger partial charge in [0.05, 0.1) is 38.4 Å². The quantitative estimate of drug-likeness (QED) is 0.285. The van der Waals surface area contributed by atoms with E-state index in [1.54, 1.807) is 35.2 Å². The molecule has 0 bridgehead atoms. The molecule has 0 fully saturated rings. The maximum absolute atomic E-state index is 13.7. The number of carbonyl (C=O) groups is 2. The molecule has 2 aliphatic rings. The van der Waals surface area contributed by atoms with Gasteiger partial charge in [0.15, 0.2) is 10.1 Å². The highest BCUT2D eigenvalue weighted by molar-refractivity contribution is 8.01. The van der Waals surface area contributed by atoms with Gasteiger partial charge in [-0.2, -0.15) is 5.26 Å². The third-order valence-corrected chi connectivity index (χ3v) is 9.57. The highest BCUT2D eigenvalue weighted by Gasteiger charge is 2.45. The van der Waals surface area contributed by atoms with Crippen LogP contribution in [0.1, 0.15) is 38.2 Å². The fourth-order valence-electron chi connectivity index (χ4n) is 4.86. The summed E-state index contributed by atoms with van der Waals surface area (Å²) in [7, 11) is 0. The Kier molecular flexibility index (Phi) is 8.32. The Morgan fingerprint density at radius 2 is 2.00 bits per heavy atom. The minimum atomic E-state index is -0.698. The van der Waals surface area contributed by atoms with Crippen LogP contribution in [0.5, 0.6) is 0 Å². The van der Waals surface area contributed by atoms with E-state index in [1.807, 2.05) is 13.8 Å². The molecule has 14 heteroatoms. The molecule has 3 N–H and O–H groups in total. The van der Waals surface area contributed by atoms with Gasteiger partial charge in [0.1, 0.15) is 11.6 Å². The van der Waals surface area contributed by atoms with Gasteiger partial charge in [-0.05, 0) is 41.7 Å². The molecule has 2 aromatic heterocycles. The molecule has 1 aliphatic heterocycles. The summed E-state index contributed by atoms with van der Waals surface area (Å²) < 4.78 is 0.515. The molecule has 0 saturated heterocycles. The minimum absolute atomic E-state index is 0.0621. The van der Waals surface area contributed by atoms with E-state index >= 15 is 0 Å². The van der Waals surface area contributed by atoms with Crippen LogP contribution >= 0.6 is 57.9 Å². The largest absolute Gasteiger partial charge is 0.384 e. The standard InChI is InChI=1S/C27H22Cl3N7O2S2/c1-27(2)8-18-23(19(38)9-27)22(13-3-5-16(29)17(30)7-13)15(10-31)24(32)37(18)25-35-36-26(41-25)40-12-21(39)34-20-6-4-14(28)11-33-20/h3-7,11,22H,8-9,12,32H2,1-2H3,(H,33,34,39). The fraction of sp³-hybridized carbons (Fsp3) is 0.259. The van der Waals surface area contributed by atoms with Crippen molar-refractivity contribution in [3.63, 3.8) is 0 Å². The molecule has 0 radical (unpaired) electrons. The zero-order valence-corrected chi connectivity index (χ0v) is 25.6. The van der Waals surface area contributed by atoms with E-state index in [2.05, 4.69) is 26.6 Å². The van der Waals surface area contributed by atoms with Gasteiger partial charge in [0.2, 0.25) is 11.0 Å². The van der Waals surface area contributed by atoms with Crippen LogP contribution in [0.25, 0.3) is 0 Å². The van der Waals surface area contributed by atoms with Crippen LogP contribution in [0.4, 0.5) is 10.9 Å². The first-order chi connectivity index (χ1) is 19.5. The van der Waals surface area contributed by atoms with Crippen molar-refractivity contribution in [3.05, 3.63) is 79.8 Å². The summed E-state index contributed by atoms with van der Waals surface area (Å²) in [5, 5.41) is 23.0. The first kappa shape index (κ1) is 29.4. The summed E-state index contributed by atoms with van der Waals surface area (Å²) in [5.41, 5.74) is 8.30. The van der Waals surface area contributed by atoms with Gasteiger partial charge < -0.3 is 11.1 Å². The molecule has 5 rings (SSSR count). The van der Waals surface area contributed by atoms with Crippen molar-refractivity contribution in [2.75, 3.05) is 16.0 Å². The lowest BCUT2D eigenvalue weighted by molar-refractivity contribution is -0.118. The number of pyridine rings is 1. The normalized spacial score (nSPS) is 18.3. The second kappa shape index (κ2) is 11.6. The van der Waals surface area contributed by atoms with E-state index in [9.17, 15) is 14.9 Å². The smallest absolute Gasteiger partial charge is 0.235 e. The van der Waals surface area contributed by atoms with Crippen LogP contribution in [-0.2, 0) is 9.59 Å². The average Bonchev–Trinajstić information content (AvgIpc) is 3.37. The summed E-state index contributed by atoms with van der Waals surface area (Å²) in [5.74, 6) is -0.451. The zero-order valence-electron chi connectivity index (χ0n) is 21.7. The summed E-state index contributed by atoms with van der Waals surface area (Å²) >= 11 is 20.7. The molecule has 9 nitrogen and oxygen atoms in total. The Balaban J connectivity index is 1.47.